The Hall–Kier alpha value is -1.09. The fourth-order valence-electron chi connectivity index (χ4n) is 2.04. The summed E-state index contributed by atoms with van der Waals surface area (Å²) in [6.07, 6.45) is 4.72. The lowest BCUT2D eigenvalue weighted by molar-refractivity contribution is 0.259. The molecule has 1 heterocycles. The first kappa shape index (κ1) is 11.4. The molecule has 0 radical (unpaired) electrons. The fourth-order valence-corrected chi connectivity index (χ4v) is 2.04. The van der Waals surface area contributed by atoms with Gasteiger partial charge in [0.2, 0.25) is 0 Å². The van der Waals surface area contributed by atoms with E-state index in [0.29, 0.717) is 18.4 Å². The van der Waals surface area contributed by atoms with Gasteiger partial charge in [-0.2, -0.15) is 0 Å². The number of ether oxygens (including phenoxy) is 1. The summed E-state index contributed by atoms with van der Waals surface area (Å²) in [7, 11) is 0. The highest BCUT2D eigenvalue weighted by atomic mass is 19.1. The fraction of sp³-hybridized carbons (Fsp3) is 0.538. The maximum atomic E-state index is 13.2. The summed E-state index contributed by atoms with van der Waals surface area (Å²) in [5.41, 5.74) is 0. The van der Waals surface area contributed by atoms with Crippen molar-refractivity contribution in [2.45, 2.75) is 31.7 Å². The zero-order chi connectivity index (χ0) is 11.2. The molecule has 16 heavy (non-hydrogen) atoms. The maximum absolute atomic E-state index is 13.2. The van der Waals surface area contributed by atoms with E-state index in [-0.39, 0.29) is 5.82 Å². The van der Waals surface area contributed by atoms with E-state index in [9.17, 15) is 4.39 Å². The van der Waals surface area contributed by atoms with Crippen LogP contribution < -0.4 is 10.1 Å². The van der Waals surface area contributed by atoms with Gasteiger partial charge in [-0.25, -0.2) is 4.39 Å². The van der Waals surface area contributed by atoms with Gasteiger partial charge in [-0.15, -0.1) is 0 Å². The van der Waals surface area contributed by atoms with Crippen LogP contribution in [-0.2, 0) is 0 Å². The van der Waals surface area contributed by atoms with Crippen molar-refractivity contribution in [3.05, 3.63) is 30.1 Å². The van der Waals surface area contributed by atoms with Gasteiger partial charge >= 0.3 is 0 Å². The molecule has 1 aliphatic rings. The van der Waals surface area contributed by atoms with Crippen molar-refractivity contribution in [3.8, 4) is 5.75 Å². The molecule has 0 amide bonds. The van der Waals surface area contributed by atoms with Crippen molar-refractivity contribution in [1.82, 2.24) is 5.32 Å². The van der Waals surface area contributed by atoms with Crippen molar-refractivity contribution in [2.75, 3.05) is 13.2 Å². The number of para-hydroxylation sites is 1. The number of piperidine rings is 1. The van der Waals surface area contributed by atoms with Gasteiger partial charge in [0.25, 0.3) is 0 Å². The van der Waals surface area contributed by atoms with Gasteiger partial charge in [0.1, 0.15) is 0 Å². The van der Waals surface area contributed by atoms with Gasteiger partial charge in [0.05, 0.1) is 6.61 Å². The lowest BCUT2D eigenvalue weighted by Crippen LogP contribution is -2.35. The Bertz CT molecular complexity index is 323. The standard InChI is InChI=1S/C13H18FNO/c14-12-6-1-2-7-13(12)16-10-8-11-5-3-4-9-15-11/h1-2,6-7,11,15H,3-5,8-10H2/t11-/m0/s1. The van der Waals surface area contributed by atoms with E-state index in [2.05, 4.69) is 5.32 Å². The van der Waals surface area contributed by atoms with Gasteiger partial charge < -0.3 is 10.1 Å². The summed E-state index contributed by atoms with van der Waals surface area (Å²) < 4.78 is 18.6. The van der Waals surface area contributed by atoms with Gasteiger partial charge in [-0.05, 0) is 37.9 Å². The van der Waals surface area contributed by atoms with E-state index < -0.39 is 0 Å². The van der Waals surface area contributed by atoms with Crippen LogP contribution in [0.5, 0.6) is 5.75 Å². The Morgan fingerprint density at radius 3 is 2.94 bits per heavy atom. The summed E-state index contributed by atoms with van der Waals surface area (Å²) in [4.78, 5) is 0. The number of hydrogen-bond acceptors (Lipinski definition) is 2. The second-order valence-electron chi connectivity index (χ2n) is 4.21. The molecule has 1 fully saturated rings. The lowest BCUT2D eigenvalue weighted by atomic mass is 10.0. The molecule has 0 unspecified atom stereocenters. The van der Waals surface area contributed by atoms with E-state index in [0.717, 1.165) is 13.0 Å². The second kappa shape index (κ2) is 5.85. The average Bonchev–Trinajstić information content (AvgIpc) is 2.33. The molecule has 0 spiro atoms. The van der Waals surface area contributed by atoms with Gasteiger partial charge in [-0.1, -0.05) is 18.6 Å². The molecule has 0 aromatic heterocycles. The molecule has 88 valence electrons. The molecule has 1 N–H and O–H groups in total. The van der Waals surface area contributed by atoms with Crippen LogP contribution in [0, 0.1) is 5.82 Å². The maximum Gasteiger partial charge on any atom is 0.165 e. The van der Waals surface area contributed by atoms with Crippen molar-refractivity contribution in [3.63, 3.8) is 0 Å². The molecular weight excluding hydrogens is 205 g/mol. The molecule has 1 aromatic rings. The first-order valence-electron chi connectivity index (χ1n) is 5.97. The van der Waals surface area contributed by atoms with E-state index >= 15 is 0 Å². The Labute approximate surface area is 95.8 Å². The van der Waals surface area contributed by atoms with Crippen LogP contribution in [-0.4, -0.2) is 19.2 Å². The first-order valence-corrected chi connectivity index (χ1v) is 5.97. The predicted octanol–water partition coefficient (Wildman–Crippen LogP) is 2.74. The molecule has 1 aromatic carbocycles. The average molecular weight is 223 g/mol. The van der Waals surface area contributed by atoms with Crippen LogP contribution in [0.2, 0.25) is 0 Å². The molecule has 1 atom stereocenters. The van der Waals surface area contributed by atoms with Crippen LogP contribution in [0.4, 0.5) is 4.39 Å². The Morgan fingerprint density at radius 2 is 2.19 bits per heavy atom. The summed E-state index contributed by atoms with van der Waals surface area (Å²) >= 11 is 0. The highest BCUT2D eigenvalue weighted by molar-refractivity contribution is 5.23. The minimum absolute atomic E-state index is 0.279. The third-order valence-corrected chi connectivity index (χ3v) is 2.97. The minimum atomic E-state index is -0.279. The van der Waals surface area contributed by atoms with Crippen molar-refractivity contribution >= 4 is 0 Å². The Kier molecular flexibility index (Phi) is 4.17. The Balaban J connectivity index is 1.73. The zero-order valence-corrected chi connectivity index (χ0v) is 9.42. The predicted molar refractivity (Wildman–Crippen MR) is 62.2 cm³/mol. The van der Waals surface area contributed by atoms with Gasteiger partial charge in [-0.3, -0.25) is 0 Å². The summed E-state index contributed by atoms with van der Waals surface area (Å²) in [6.45, 7) is 1.68. The second-order valence-corrected chi connectivity index (χ2v) is 4.21. The van der Waals surface area contributed by atoms with E-state index in [1.165, 1.54) is 25.3 Å². The van der Waals surface area contributed by atoms with Gasteiger partial charge in [0, 0.05) is 6.04 Å². The molecule has 0 saturated carbocycles. The zero-order valence-electron chi connectivity index (χ0n) is 9.42. The molecule has 1 saturated heterocycles. The van der Waals surface area contributed by atoms with Crippen LogP contribution in [0.1, 0.15) is 25.7 Å². The largest absolute Gasteiger partial charge is 0.490 e. The number of hydrogen-bond donors (Lipinski definition) is 1. The van der Waals surface area contributed by atoms with E-state index in [1.54, 1.807) is 18.2 Å². The lowest BCUT2D eigenvalue weighted by Gasteiger charge is -2.23. The smallest absolute Gasteiger partial charge is 0.165 e. The third kappa shape index (κ3) is 3.20. The van der Waals surface area contributed by atoms with Gasteiger partial charge in [0.15, 0.2) is 11.6 Å². The molecule has 2 rings (SSSR count). The van der Waals surface area contributed by atoms with Crippen molar-refractivity contribution in [1.29, 1.82) is 0 Å². The SMILES string of the molecule is Fc1ccccc1OCC[C@@H]1CCCCN1. The minimum Gasteiger partial charge on any atom is -0.490 e. The molecular formula is C13H18FNO. The number of halogens is 1. The summed E-state index contributed by atoms with van der Waals surface area (Å²) in [6, 6.07) is 7.10. The monoisotopic (exact) mass is 223 g/mol. The van der Waals surface area contributed by atoms with Crippen LogP contribution in [0.15, 0.2) is 24.3 Å². The van der Waals surface area contributed by atoms with Crippen LogP contribution in [0.3, 0.4) is 0 Å². The van der Waals surface area contributed by atoms with Crippen LogP contribution >= 0.6 is 0 Å². The quantitative estimate of drug-likeness (QED) is 0.847. The first-order chi connectivity index (χ1) is 7.86. The number of rotatable bonds is 4. The highest BCUT2D eigenvalue weighted by Gasteiger charge is 2.12. The number of benzene rings is 1. The number of nitrogens with one attached hydrogen (secondary N) is 1. The van der Waals surface area contributed by atoms with Crippen molar-refractivity contribution in [2.24, 2.45) is 0 Å². The molecule has 3 heteroatoms. The molecule has 0 bridgehead atoms. The van der Waals surface area contributed by atoms with E-state index in [1.807, 2.05) is 0 Å². The van der Waals surface area contributed by atoms with Crippen LogP contribution in [0.25, 0.3) is 0 Å². The van der Waals surface area contributed by atoms with E-state index in [4.69, 9.17) is 4.74 Å². The molecule has 0 aliphatic carbocycles. The Morgan fingerprint density at radius 1 is 1.31 bits per heavy atom. The summed E-state index contributed by atoms with van der Waals surface area (Å²) in [5.74, 6) is 0.0809. The highest BCUT2D eigenvalue weighted by Crippen LogP contribution is 2.16. The third-order valence-electron chi connectivity index (χ3n) is 2.97. The summed E-state index contributed by atoms with van der Waals surface area (Å²) in [5, 5.41) is 3.45. The topological polar surface area (TPSA) is 21.3 Å². The molecule has 2 nitrogen and oxygen atoms in total. The molecule has 1 aliphatic heterocycles. The van der Waals surface area contributed by atoms with Crippen molar-refractivity contribution < 1.29 is 9.13 Å². The normalized spacial score (nSPS) is 20.7.